The molecule has 0 spiro atoms. The van der Waals surface area contributed by atoms with Crippen LogP contribution in [0.1, 0.15) is 33.1 Å². The Balaban J connectivity index is 1.85. The first kappa shape index (κ1) is 13.3. The van der Waals surface area contributed by atoms with Gasteiger partial charge in [-0.1, -0.05) is 6.92 Å². The molecule has 2 aliphatic heterocycles. The number of nitrogens with one attached hydrogen (secondary N) is 2. The van der Waals surface area contributed by atoms with Crippen LogP contribution >= 0.6 is 0 Å². The molecule has 18 heavy (non-hydrogen) atoms. The Labute approximate surface area is 106 Å². The average Bonchev–Trinajstić information content (AvgIpc) is 2.68. The first-order valence-electron chi connectivity index (χ1n) is 6.46. The molecule has 0 bridgehead atoms. The van der Waals surface area contributed by atoms with Gasteiger partial charge in [-0.15, -0.1) is 0 Å². The molecule has 6 nitrogen and oxygen atoms in total. The second kappa shape index (κ2) is 5.67. The van der Waals surface area contributed by atoms with Gasteiger partial charge < -0.3 is 14.8 Å². The smallest absolute Gasteiger partial charge is 0.322 e. The van der Waals surface area contributed by atoms with E-state index in [1.165, 1.54) is 0 Å². The normalized spacial score (nSPS) is 31.7. The topological polar surface area (TPSA) is 76.7 Å². The van der Waals surface area contributed by atoms with E-state index in [0.717, 1.165) is 25.9 Å². The fourth-order valence-corrected chi connectivity index (χ4v) is 2.26. The predicted molar refractivity (Wildman–Crippen MR) is 63.8 cm³/mol. The highest BCUT2D eigenvalue weighted by atomic mass is 16.7. The van der Waals surface area contributed by atoms with Gasteiger partial charge in [0.25, 0.3) is 5.91 Å². The fourth-order valence-electron chi connectivity index (χ4n) is 2.26. The minimum atomic E-state index is -0.518. The summed E-state index contributed by atoms with van der Waals surface area (Å²) in [6, 6.07) is -0.950. The Morgan fingerprint density at radius 1 is 1.33 bits per heavy atom. The zero-order valence-corrected chi connectivity index (χ0v) is 10.8. The third-order valence-corrected chi connectivity index (χ3v) is 3.58. The van der Waals surface area contributed by atoms with Crippen LogP contribution in [0.5, 0.6) is 0 Å². The number of ether oxygens (including phenoxy) is 2. The predicted octanol–water partition coefficient (Wildman–Crippen LogP) is 0.762. The largest absolute Gasteiger partial charge is 0.353 e. The summed E-state index contributed by atoms with van der Waals surface area (Å²) in [7, 11) is 0. The van der Waals surface area contributed by atoms with Gasteiger partial charge in [-0.05, 0) is 26.2 Å². The lowest BCUT2D eigenvalue weighted by molar-refractivity contribution is -0.194. The average molecular weight is 256 g/mol. The maximum absolute atomic E-state index is 11.5. The van der Waals surface area contributed by atoms with Crippen molar-refractivity contribution in [2.45, 2.75) is 51.5 Å². The SMILES string of the molecule is CC(OC1CCCCO1)C(C)C1NC(=O)NC1=O. The summed E-state index contributed by atoms with van der Waals surface area (Å²) < 4.78 is 11.3. The molecule has 4 atom stereocenters. The molecule has 2 saturated heterocycles. The van der Waals surface area contributed by atoms with Crippen LogP contribution in [0.3, 0.4) is 0 Å². The first-order chi connectivity index (χ1) is 8.58. The van der Waals surface area contributed by atoms with Crippen LogP contribution in [-0.4, -0.2) is 37.0 Å². The van der Waals surface area contributed by atoms with Gasteiger partial charge in [0.05, 0.1) is 6.10 Å². The van der Waals surface area contributed by atoms with Crippen LogP contribution in [0.4, 0.5) is 4.79 Å². The van der Waals surface area contributed by atoms with Gasteiger partial charge in [0.2, 0.25) is 0 Å². The highest BCUT2D eigenvalue weighted by molar-refractivity contribution is 6.04. The molecule has 4 unspecified atom stereocenters. The molecule has 102 valence electrons. The monoisotopic (exact) mass is 256 g/mol. The van der Waals surface area contributed by atoms with Crippen molar-refractivity contribution >= 4 is 11.9 Å². The van der Waals surface area contributed by atoms with Crippen LogP contribution < -0.4 is 10.6 Å². The third kappa shape index (κ3) is 3.00. The molecule has 2 fully saturated rings. The number of imide groups is 1. The highest BCUT2D eigenvalue weighted by Gasteiger charge is 2.37. The van der Waals surface area contributed by atoms with E-state index >= 15 is 0 Å². The summed E-state index contributed by atoms with van der Waals surface area (Å²) in [5.74, 6) is -0.380. The number of hydrogen-bond donors (Lipinski definition) is 2. The second-order valence-corrected chi connectivity index (χ2v) is 4.94. The maximum atomic E-state index is 11.5. The Morgan fingerprint density at radius 3 is 2.67 bits per heavy atom. The molecule has 2 rings (SSSR count). The highest BCUT2D eigenvalue weighted by Crippen LogP contribution is 2.21. The zero-order chi connectivity index (χ0) is 13.1. The molecular weight excluding hydrogens is 236 g/mol. The van der Waals surface area contributed by atoms with E-state index in [-0.39, 0.29) is 24.2 Å². The van der Waals surface area contributed by atoms with Crippen LogP contribution in [-0.2, 0) is 14.3 Å². The molecule has 0 aromatic heterocycles. The second-order valence-electron chi connectivity index (χ2n) is 4.94. The van der Waals surface area contributed by atoms with Gasteiger partial charge >= 0.3 is 6.03 Å². The van der Waals surface area contributed by atoms with Gasteiger partial charge in [-0.2, -0.15) is 0 Å². The lowest BCUT2D eigenvalue weighted by Crippen LogP contribution is -2.42. The zero-order valence-electron chi connectivity index (χ0n) is 10.8. The van der Waals surface area contributed by atoms with Crippen molar-refractivity contribution < 1.29 is 19.1 Å². The molecule has 2 heterocycles. The van der Waals surface area contributed by atoms with Crippen molar-refractivity contribution in [3.63, 3.8) is 0 Å². The summed E-state index contributed by atoms with van der Waals surface area (Å²) in [5.41, 5.74) is 0. The van der Waals surface area contributed by atoms with Crippen molar-refractivity contribution in [1.82, 2.24) is 10.6 Å². The summed E-state index contributed by atoms with van der Waals surface area (Å²) in [6.07, 6.45) is 2.73. The van der Waals surface area contributed by atoms with Gasteiger partial charge in [-0.3, -0.25) is 10.1 Å². The molecule has 2 N–H and O–H groups in total. The third-order valence-electron chi connectivity index (χ3n) is 3.58. The van der Waals surface area contributed by atoms with Crippen molar-refractivity contribution in [3.8, 4) is 0 Å². The fraction of sp³-hybridized carbons (Fsp3) is 0.833. The Bertz CT molecular complexity index is 328. The van der Waals surface area contributed by atoms with Crippen LogP contribution in [0.2, 0.25) is 0 Å². The minimum Gasteiger partial charge on any atom is -0.353 e. The summed E-state index contributed by atoms with van der Waals surface area (Å²) >= 11 is 0. The van der Waals surface area contributed by atoms with Crippen LogP contribution in [0.25, 0.3) is 0 Å². The lowest BCUT2D eigenvalue weighted by Gasteiger charge is -2.30. The molecule has 0 radical (unpaired) electrons. The molecule has 3 amide bonds. The molecule has 0 aliphatic carbocycles. The van der Waals surface area contributed by atoms with E-state index in [1.807, 2.05) is 13.8 Å². The van der Waals surface area contributed by atoms with E-state index < -0.39 is 12.1 Å². The van der Waals surface area contributed by atoms with E-state index in [1.54, 1.807) is 0 Å². The number of rotatable bonds is 4. The molecule has 0 saturated carbocycles. The first-order valence-corrected chi connectivity index (χ1v) is 6.46. The quantitative estimate of drug-likeness (QED) is 0.728. The number of carbonyl (C=O) groups excluding carboxylic acids is 2. The molecule has 0 aromatic rings. The van der Waals surface area contributed by atoms with Crippen LogP contribution in [0, 0.1) is 5.92 Å². The Kier molecular flexibility index (Phi) is 4.19. The van der Waals surface area contributed by atoms with Gasteiger partial charge in [-0.25, -0.2) is 4.79 Å². The van der Waals surface area contributed by atoms with Gasteiger partial charge in [0.1, 0.15) is 6.04 Å². The van der Waals surface area contributed by atoms with E-state index in [2.05, 4.69) is 10.6 Å². The van der Waals surface area contributed by atoms with Crippen molar-refractivity contribution in [2.75, 3.05) is 6.61 Å². The number of amides is 3. The Morgan fingerprint density at radius 2 is 2.11 bits per heavy atom. The van der Waals surface area contributed by atoms with Gasteiger partial charge in [0, 0.05) is 12.5 Å². The number of hydrogen-bond acceptors (Lipinski definition) is 4. The van der Waals surface area contributed by atoms with Crippen LogP contribution in [0.15, 0.2) is 0 Å². The summed E-state index contributed by atoms with van der Waals surface area (Å²) in [6.45, 7) is 4.52. The molecular formula is C12H20N2O4. The van der Waals surface area contributed by atoms with Crippen molar-refractivity contribution in [1.29, 1.82) is 0 Å². The maximum Gasteiger partial charge on any atom is 0.322 e. The van der Waals surface area contributed by atoms with E-state index in [4.69, 9.17) is 9.47 Å². The molecule has 2 aliphatic rings. The van der Waals surface area contributed by atoms with Gasteiger partial charge in [0.15, 0.2) is 6.29 Å². The summed E-state index contributed by atoms with van der Waals surface area (Å²) in [5, 5.41) is 4.83. The van der Waals surface area contributed by atoms with E-state index in [0.29, 0.717) is 0 Å². The minimum absolute atomic E-state index is 0.0954. The lowest BCUT2D eigenvalue weighted by atomic mass is 9.96. The molecule has 6 heteroatoms. The number of urea groups is 1. The van der Waals surface area contributed by atoms with Crippen molar-refractivity contribution in [3.05, 3.63) is 0 Å². The summed E-state index contributed by atoms with van der Waals surface area (Å²) in [4.78, 5) is 22.6. The molecule has 0 aromatic carbocycles. The standard InChI is InChI=1S/C12H20N2O4/c1-7(10-11(15)14-12(16)13-10)8(2)18-9-5-3-4-6-17-9/h7-10H,3-6H2,1-2H3,(H2,13,14,15,16). The number of carbonyl (C=O) groups is 2. The van der Waals surface area contributed by atoms with E-state index in [9.17, 15) is 9.59 Å². The Hall–Kier alpha value is -1.14. The van der Waals surface area contributed by atoms with Crippen molar-refractivity contribution in [2.24, 2.45) is 5.92 Å².